The van der Waals surface area contributed by atoms with Gasteiger partial charge in [-0.25, -0.2) is 0 Å². The molecule has 0 spiro atoms. The molecule has 2 fully saturated rings. The van der Waals surface area contributed by atoms with E-state index in [2.05, 4.69) is 35.2 Å². The molecule has 2 aromatic carbocycles. The Morgan fingerprint density at radius 1 is 0.923 bits per heavy atom. The van der Waals surface area contributed by atoms with Crippen LogP contribution in [0.2, 0.25) is 5.02 Å². The first-order valence-corrected chi connectivity index (χ1v) is 9.36. The molecule has 1 amide bonds. The lowest BCUT2D eigenvalue weighted by molar-refractivity contribution is 0.0238. The van der Waals surface area contributed by atoms with Gasteiger partial charge in [0.2, 0.25) is 0 Å². The van der Waals surface area contributed by atoms with Gasteiger partial charge in [-0.15, -0.1) is 12.4 Å². The van der Waals surface area contributed by atoms with Gasteiger partial charge in [0.25, 0.3) is 5.91 Å². The van der Waals surface area contributed by atoms with Gasteiger partial charge >= 0.3 is 0 Å². The first-order valence-electron chi connectivity index (χ1n) is 8.98. The Balaban J connectivity index is 0.00000196. The van der Waals surface area contributed by atoms with Crippen LogP contribution in [0.15, 0.2) is 54.6 Å². The van der Waals surface area contributed by atoms with Gasteiger partial charge in [0.15, 0.2) is 0 Å². The molecule has 2 aliphatic heterocycles. The lowest BCUT2D eigenvalue weighted by Crippen LogP contribution is -2.53. The Labute approximate surface area is 166 Å². The standard InChI is InChI=1S/C21H23ClN2O.ClH/c22-20-8-6-19(7-9-20)21(25)24-14-17-10-18(15-24)13-23(12-17)11-16-4-2-1-3-5-16;/h1-9,17-18H,10-15H2;1H. The largest absolute Gasteiger partial charge is 0.338 e. The van der Waals surface area contributed by atoms with Crippen LogP contribution < -0.4 is 0 Å². The quantitative estimate of drug-likeness (QED) is 0.777. The molecule has 3 nitrogen and oxygen atoms in total. The Bertz CT molecular complexity index is 721. The molecular formula is C21H24Cl2N2O. The summed E-state index contributed by atoms with van der Waals surface area (Å²) in [6.07, 6.45) is 1.25. The van der Waals surface area contributed by atoms with Crippen molar-refractivity contribution in [2.24, 2.45) is 11.8 Å². The summed E-state index contributed by atoms with van der Waals surface area (Å²) in [4.78, 5) is 17.4. The van der Waals surface area contributed by atoms with E-state index in [1.807, 2.05) is 17.0 Å². The molecule has 2 bridgehead atoms. The molecule has 2 saturated heterocycles. The average Bonchev–Trinajstić information content (AvgIpc) is 2.62. The molecule has 0 aromatic heterocycles. The average molecular weight is 391 g/mol. The number of halogens is 2. The van der Waals surface area contributed by atoms with Crippen LogP contribution in [0.5, 0.6) is 0 Å². The van der Waals surface area contributed by atoms with Crippen molar-refractivity contribution in [3.63, 3.8) is 0 Å². The minimum atomic E-state index is 0. The van der Waals surface area contributed by atoms with Gasteiger partial charge in [0.05, 0.1) is 0 Å². The molecule has 138 valence electrons. The van der Waals surface area contributed by atoms with Crippen molar-refractivity contribution in [3.05, 3.63) is 70.7 Å². The maximum Gasteiger partial charge on any atom is 0.253 e. The molecular weight excluding hydrogens is 367 g/mol. The fourth-order valence-electron chi connectivity index (χ4n) is 4.30. The summed E-state index contributed by atoms with van der Waals surface area (Å²) in [5.74, 6) is 1.29. The monoisotopic (exact) mass is 390 g/mol. The summed E-state index contributed by atoms with van der Waals surface area (Å²) in [5, 5.41) is 0.670. The van der Waals surface area contributed by atoms with Crippen molar-refractivity contribution in [2.75, 3.05) is 26.2 Å². The molecule has 4 rings (SSSR count). The molecule has 2 unspecified atom stereocenters. The van der Waals surface area contributed by atoms with Crippen LogP contribution in [-0.4, -0.2) is 41.9 Å². The molecule has 26 heavy (non-hydrogen) atoms. The Morgan fingerprint density at radius 2 is 1.54 bits per heavy atom. The van der Waals surface area contributed by atoms with E-state index in [-0.39, 0.29) is 18.3 Å². The van der Waals surface area contributed by atoms with Crippen LogP contribution in [0.1, 0.15) is 22.3 Å². The second kappa shape index (κ2) is 8.43. The number of piperidine rings is 2. The highest BCUT2D eigenvalue weighted by atomic mass is 35.5. The number of carbonyl (C=O) groups is 1. The van der Waals surface area contributed by atoms with Crippen LogP contribution in [-0.2, 0) is 6.54 Å². The zero-order valence-corrected chi connectivity index (χ0v) is 16.3. The van der Waals surface area contributed by atoms with E-state index in [0.717, 1.165) is 38.3 Å². The van der Waals surface area contributed by atoms with Gasteiger partial charge in [-0.1, -0.05) is 41.9 Å². The van der Waals surface area contributed by atoms with E-state index >= 15 is 0 Å². The summed E-state index contributed by atoms with van der Waals surface area (Å²) < 4.78 is 0. The highest BCUT2D eigenvalue weighted by Crippen LogP contribution is 2.30. The van der Waals surface area contributed by atoms with Gasteiger partial charge in [-0.05, 0) is 48.1 Å². The number of benzene rings is 2. The van der Waals surface area contributed by atoms with E-state index < -0.39 is 0 Å². The Morgan fingerprint density at radius 3 is 2.15 bits per heavy atom. The number of rotatable bonds is 3. The third-order valence-electron chi connectivity index (χ3n) is 5.28. The topological polar surface area (TPSA) is 23.6 Å². The predicted molar refractivity (Wildman–Crippen MR) is 108 cm³/mol. The van der Waals surface area contributed by atoms with Gasteiger partial charge < -0.3 is 4.90 Å². The van der Waals surface area contributed by atoms with Crippen LogP contribution in [0, 0.1) is 11.8 Å². The zero-order chi connectivity index (χ0) is 17.2. The zero-order valence-electron chi connectivity index (χ0n) is 14.7. The summed E-state index contributed by atoms with van der Waals surface area (Å²) in [6, 6.07) is 17.9. The van der Waals surface area contributed by atoms with Crippen molar-refractivity contribution in [1.82, 2.24) is 9.80 Å². The van der Waals surface area contributed by atoms with Gasteiger partial charge in [-0.2, -0.15) is 0 Å². The molecule has 2 heterocycles. The van der Waals surface area contributed by atoms with Gasteiger partial charge in [0.1, 0.15) is 0 Å². The fourth-order valence-corrected chi connectivity index (χ4v) is 4.43. The smallest absolute Gasteiger partial charge is 0.253 e. The normalized spacial score (nSPS) is 22.6. The molecule has 5 heteroatoms. The van der Waals surface area contributed by atoms with Crippen molar-refractivity contribution in [2.45, 2.75) is 13.0 Å². The maximum atomic E-state index is 12.8. The van der Waals surface area contributed by atoms with Crippen LogP contribution in [0.25, 0.3) is 0 Å². The number of amides is 1. The highest BCUT2D eigenvalue weighted by molar-refractivity contribution is 6.30. The summed E-state index contributed by atoms with van der Waals surface area (Å²) in [6.45, 7) is 4.90. The third-order valence-corrected chi connectivity index (χ3v) is 5.54. The molecule has 0 N–H and O–H groups in total. The van der Waals surface area contributed by atoms with E-state index in [1.165, 1.54) is 12.0 Å². The summed E-state index contributed by atoms with van der Waals surface area (Å²) in [7, 11) is 0. The van der Waals surface area contributed by atoms with E-state index in [9.17, 15) is 4.79 Å². The number of nitrogens with zero attached hydrogens (tertiary/aromatic N) is 2. The van der Waals surface area contributed by atoms with Crippen LogP contribution >= 0.6 is 24.0 Å². The lowest BCUT2D eigenvalue weighted by Gasteiger charge is -2.46. The number of hydrogen-bond donors (Lipinski definition) is 0. The van der Waals surface area contributed by atoms with Gasteiger partial charge in [-0.3, -0.25) is 9.69 Å². The van der Waals surface area contributed by atoms with E-state index in [0.29, 0.717) is 16.9 Å². The third kappa shape index (κ3) is 4.40. The number of fused-ring (bicyclic) bond motifs is 2. The van der Waals surface area contributed by atoms with E-state index in [1.54, 1.807) is 12.1 Å². The van der Waals surface area contributed by atoms with Crippen LogP contribution in [0.4, 0.5) is 0 Å². The van der Waals surface area contributed by atoms with Crippen molar-refractivity contribution in [3.8, 4) is 0 Å². The molecule has 0 aliphatic carbocycles. The first-order chi connectivity index (χ1) is 12.2. The number of likely N-dealkylation sites (tertiary alicyclic amines) is 2. The lowest BCUT2D eigenvalue weighted by atomic mass is 9.84. The fraction of sp³-hybridized carbons (Fsp3) is 0.381. The molecule has 2 atom stereocenters. The first kappa shape index (κ1) is 19.2. The molecule has 2 aliphatic rings. The van der Waals surface area contributed by atoms with E-state index in [4.69, 9.17) is 11.6 Å². The van der Waals surface area contributed by atoms with Crippen LogP contribution in [0.3, 0.4) is 0 Å². The van der Waals surface area contributed by atoms with Crippen molar-refractivity contribution in [1.29, 1.82) is 0 Å². The Kier molecular flexibility index (Phi) is 6.23. The predicted octanol–water partition coefficient (Wildman–Crippen LogP) is 4.36. The minimum absolute atomic E-state index is 0. The molecule has 0 saturated carbocycles. The second-order valence-electron chi connectivity index (χ2n) is 7.36. The minimum Gasteiger partial charge on any atom is -0.338 e. The SMILES string of the molecule is Cl.O=C(c1ccc(Cl)cc1)N1CC2CC(CN(Cc3ccccc3)C2)C1. The molecule has 2 aromatic rings. The maximum absolute atomic E-state index is 12.8. The summed E-state index contributed by atoms with van der Waals surface area (Å²) >= 11 is 5.93. The number of carbonyl (C=O) groups excluding carboxylic acids is 1. The number of hydrogen-bond acceptors (Lipinski definition) is 2. The second-order valence-corrected chi connectivity index (χ2v) is 7.80. The van der Waals surface area contributed by atoms with Crippen molar-refractivity contribution < 1.29 is 4.79 Å². The van der Waals surface area contributed by atoms with Gasteiger partial charge in [0, 0.05) is 43.3 Å². The highest BCUT2D eigenvalue weighted by Gasteiger charge is 2.36. The summed E-state index contributed by atoms with van der Waals surface area (Å²) in [5.41, 5.74) is 2.11. The Hall–Kier alpha value is -1.55. The van der Waals surface area contributed by atoms with Crippen molar-refractivity contribution >= 4 is 29.9 Å². The molecule has 0 radical (unpaired) electrons.